The summed E-state index contributed by atoms with van der Waals surface area (Å²) >= 11 is 0. The average molecular weight is 250 g/mol. The van der Waals surface area contributed by atoms with Gasteiger partial charge in [-0.2, -0.15) is 5.10 Å². The minimum Gasteiger partial charge on any atom is -0.392 e. The number of aryl methyl sites for hydroxylation is 1. The van der Waals surface area contributed by atoms with Gasteiger partial charge < -0.3 is 5.11 Å². The predicted octanol–water partition coefficient (Wildman–Crippen LogP) is 3.02. The molecular weight excluding hydrogens is 224 g/mol. The molecule has 1 aromatic rings. The van der Waals surface area contributed by atoms with Crippen molar-refractivity contribution in [3.05, 3.63) is 18.0 Å². The van der Waals surface area contributed by atoms with E-state index < -0.39 is 0 Å². The van der Waals surface area contributed by atoms with Crippen molar-refractivity contribution in [2.45, 2.75) is 65.5 Å². The van der Waals surface area contributed by atoms with Crippen molar-refractivity contribution < 1.29 is 5.11 Å². The van der Waals surface area contributed by atoms with Crippen LogP contribution in [0.2, 0.25) is 0 Å². The standard InChI is InChI=1S/C15H26N2O/c1-4-17-11-12(10-16-17)9-14(18)13-5-7-15(2,3)8-6-13/h10-11,13-14,18H,4-9H2,1-3H3. The first kappa shape index (κ1) is 13.6. The maximum absolute atomic E-state index is 10.3. The van der Waals surface area contributed by atoms with Crippen molar-refractivity contribution >= 4 is 0 Å². The first-order valence-electron chi connectivity index (χ1n) is 7.19. The smallest absolute Gasteiger partial charge is 0.0609 e. The minimum atomic E-state index is -0.199. The predicted molar refractivity (Wildman–Crippen MR) is 73.4 cm³/mol. The molecule has 102 valence electrons. The Bertz CT molecular complexity index is 374. The van der Waals surface area contributed by atoms with Gasteiger partial charge in [0.1, 0.15) is 0 Å². The second-order valence-corrected chi connectivity index (χ2v) is 6.48. The van der Waals surface area contributed by atoms with E-state index in [0.717, 1.165) is 31.4 Å². The van der Waals surface area contributed by atoms with Gasteiger partial charge in [-0.25, -0.2) is 0 Å². The number of aliphatic hydroxyl groups is 1. The van der Waals surface area contributed by atoms with Crippen molar-refractivity contribution in [3.63, 3.8) is 0 Å². The zero-order valence-corrected chi connectivity index (χ0v) is 11.9. The van der Waals surface area contributed by atoms with Crippen LogP contribution < -0.4 is 0 Å². The van der Waals surface area contributed by atoms with Gasteiger partial charge >= 0.3 is 0 Å². The molecule has 0 bridgehead atoms. The SMILES string of the molecule is CCn1cc(CC(O)C2CCC(C)(C)CC2)cn1. The fourth-order valence-corrected chi connectivity index (χ4v) is 2.90. The van der Waals surface area contributed by atoms with Crippen molar-refractivity contribution in [3.8, 4) is 0 Å². The fourth-order valence-electron chi connectivity index (χ4n) is 2.90. The van der Waals surface area contributed by atoms with Crippen LogP contribution in [0, 0.1) is 11.3 Å². The lowest BCUT2D eigenvalue weighted by molar-refractivity contribution is 0.0576. The summed E-state index contributed by atoms with van der Waals surface area (Å²) in [5, 5.41) is 14.6. The molecule has 0 amide bonds. The van der Waals surface area contributed by atoms with E-state index in [4.69, 9.17) is 0 Å². The van der Waals surface area contributed by atoms with E-state index in [2.05, 4.69) is 32.1 Å². The molecule has 1 aromatic heterocycles. The van der Waals surface area contributed by atoms with E-state index in [1.165, 1.54) is 12.8 Å². The zero-order valence-electron chi connectivity index (χ0n) is 11.9. The molecule has 0 radical (unpaired) electrons. The summed E-state index contributed by atoms with van der Waals surface area (Å²) < 4.78 is 1.92. The Morgan fingerprint density at radius 3 is 2.67 bits per heavy atom. The van der Waals surface area contributed by atoms with Crippen LogP contribution in [-0.4, -0.2) is 21.0 Å². The largest absolute Gasteiger partial charge is 0.392 e. The van der Waals surface area contributed by atoms with Crippen LogP contribution in [0.5, 0.6) is 0 Å². The molecule has 3 nitrogen and oxygen atoms in total. The Morgan fingerprint density at radius 2 is 2.11 bits per heavy atom. The van der Waals surface area contributed by atoms with Crippen LogP contribution in [0.15, 0.2) is 12.4 Å². The summed E-state index contributed by atoms with van der Waals surface area (Å²) in [6.45, 7) is 7.64. The molecule has 1 heterocycles. The summed E-state index contributed by atoms with van der Waals surface area (Å²) in [5.41, 5.74) is 1.64. The Kier molecular flexibility index (Phi) is 4.10. The van der Waals surface area contributed by atoms with Gasteiger partial charge in [0, 0.05) is 19.2 Å². The van der Waals surface area contributed by atoms with Gasteiger partial charge in [0.2, 0.25) is 0 Å². The molecule has 2 rings (SSSR count). The quantitative estimate of drug-likeness (QED) is 0.892. The lowest BCUT2D eigenvalue weighted by atomic mass is 9.71. The molecule has 1 N–H and O–H groups in total. The summed E-state index contributed by atoms with van der Waals surface area (Å²) in [6, 6.07) is 0. The van der Waals surface area contributed by atoms with E-state index in [0.29, 0.717) is 11.3 Å². The van der Waals surface area contributed by atoms with E-state index in [1.54, 1.807) is 0 Å². The van der Waals surface area contributed by atoms with Crippen molar-refractivity contribution in [2.24, 2.45) is 11.3 Å². The topological polar surface area (TPSA) is 38.0 Å². The number of nitrogens with zero attached hydrogens (tertiary/aromatic N) is 2. The average Bonchev–Trinajstić information content (AvgIpc) is 2.76. The summed E-state index contributed by atoms with van der Waals surface area (Å²) in [5.74, 6) is 0.475. The van der Waals surface area contributed by atoms with E-state index >= 15 is 0 Å². The number of aromatic nitrogens is 2. The highest BCUT2D eigenvalue weighted by Gasteiger charge is 2.30. The van der Waals surface area contributed by atoms with Gasteiger partial charge in [0.25, 0.3) is 0 Å². The summed E-state index contributed by atoms with van der Waals surface area (Å²) in [6.07, 6.45) is 9.30. The molecule has 0 aliphatic heterocycles. The maximum Gasteiger partial charge on any atom is 0.0609 e. The lowest BCUT2D eigenvalue weighted by Crippen LogP contribution is -2.30. The van der Waals surface area contributed by atoms with Crippen LogP contribution >= 0.6 is 0 Å². The van der Waals surface area contributed by atoms with Crippen LogP contribution in [0.3, 0.4) is 0 Å². The first-order valence-corrected chi connectivity index (χ1v) is 7.19. The molecule has 1 fully saturated rings. The molecule has 1 saturated carbocycles. The highest BCUT2D eigenvalue weighted by Crippen LogP contribution is 2.39. The molecule has 0 saturated heterocycles. The van der Waals surface area contributed by atoms with E-state index in [-0.39, 0.29) is 6.10 Å². The third-order valence-electron chi connectivity index (χ3n) is 4.38. The molecule has 1 atom stereocenters. The number of aliphatic hydroxyl groups excluding tert-OH is 1. The zero-order chi connectivity index (χ0) is 13.2. The van der Waals surface area contributed by atoms with E-state index in [9.17, 15) is 5.11 Å². The van der Waals surface area contributed by atoms with Gasteiger partial charge in [0.15, 0.2) is 0 Å². The van der Waals surface area contributed by atoms with Gasteiger partial charge in [-0.05, 0) is 49.5 Å². The lowest BCUT2D eigenvalue weighted by Gasteiger charge is -2.36. The van der Waals surface area contributed by atoms with Crippen LogP contribution in [0.1, 0.15) is 52.0 Å². The van der Waals surface area contributed by atoms with Gasteiger partial charge in [-0.1, -0.05) is 13.8 Å². The van der Waals surface area contributed by atoms with E-state index in [1.807, 2.05) is 10.9 Å². The molecule has 0 aromatic carbocycles. The van der Waals surface area contributed by atoms with Crippen molar-refractivity contribution in [1.82, 2.24) is 9.78 Å². The highest BCUT2D eigenvalue weighted by atomic mass is 16.3. The molecule has 18 heavy (non-hydrogen) atoms. The maximum atomic E-state index is 10.3. The van der Waals surface area contributed by atoms with Crippen LogP contribution in [-0.2, 0) is 13.0 Å². The third kappa shape index (κ3) is 3.35. The van der Waals surface area contributed by atoms with Crippen LogP contribution in [0.4, 0.5) is 0 Å². The Hall–Kier alpha value is -0.830. The first-order chi connectivity index (χ1) is 8.50. The molecular formula is C15H26N2O. The summed E-state index contributed by atoms with van der Waals surface area (Å²) in [4.78, 5) is 0. The number of rotatable bonds is 4. The van der Waals surface area contributed by atoms with Gasteiger partial charge in [-0.15, -0.1) is 0 Å². The monoisotopic (exact) mass is 250 g/mol. The molecule has 3 heteroatoms. The number of hydrogen-bond acceptors (Lipinski definition) is 2. The highest BCUT2D eigenvalue weighted by molar-refractivity contribution is 5.06. The Morgan fingerprint density at radius 1 is 1.44 bits per heavy atom. The Balaban J connectivity index is 1.86. The van der Waals surface area contributed by atoms with Gasteiger partial charge in [-0.3, -0.25) is 4.68 Å². The minimum absolute atomic E-state index is 0.199. The normalized spacial score (nSPS) is 22.0. The second kappa shape index (κ2) is 5.43. The van der Waals surface area contributed by atoms with Gasteiger partial charge in [0.05, 0.1) is 12.3 Å². The fraction of sp³-hybridized carbons (Fsp3) is 0.800. The molecule has 0 spiro atoms. The summed E-state index contributed by atoms with van der Waals surface area (Å²) in [7, 11) is 0. The number of hydrogen-bond donors (Lipinski definition) is 1. The Labute approximate surface area is 110 Å². The molecule has 1 unspecified atom stereocenters. The molecule has 1 aliphatic rings. The third-order valence-corrected chi connectivity index (χ3v) is 4.38. The van der Waals surface area contributed by atoms with Crippen molar-refractivity contribution in [2.75, 3.05) is 0 Å². The second-order valence-electron chi connectivity index (χ2n) is 6.48. The van der Waals surface area contributed by atoms with Crippen LogP contribution in [0.25, 0.3) is 0 Å². The molecule has 1 aliphatic carbocycles. The van der Waals surface area contributed by atoms with Crippen molar-refractivity contribution in [1.29, 1.82) is 0 Å².